The molecule has 0 spiro atoms. The van der Waals surface area contributed by atoms with Gasteiger partial charge in [0.05, 0.1) is 18.3 Å². The highest BCUT2D eigenvalue weighted by Gasteiger charge is 2.54. The van der Waals surface area contributed by atoms with Crippen molar-refractivity contribution in [3.63, 3.8) is 0 Å². The lowest BCUT2D eigenvalue weighted by molar-refractivity contribution is -0.140. The fourth-order valence-corrected chi connectivity index (χ4v) is 3.17. The molecule has 1 aliphatic rings. The van der Waals surface area contributed by atoms with Crippen molar-refractivity contribution < 1.29 is 24.5 Å². The van der Waals surface area contributed by atoms with E-state index in [-0.39, 0.29) is 30.9 Å². The Morgan fingerprint density at radius 1 is 1.19 bits per heavy atom. The molecule has 0 aliphatic carbocycles. The monoisotopic (exact) mass is 380 g/mol. The Balaban J connectivity index is 2.40. The maximum Gasteiger partial charge on any atom is 0.302 e. The van der Waals surface area contributed by atoms with Crippen LogP contribution in [0.15, 0.2) is 34.9 Å². The van der Waals surface area contributed by atoms with Gasteiger partial charge in [0.1, 0.15) is 12.7 Å². The highest BCUT2D eigenvalue weighted by atomic mass is 16.6. The van der Waals surface area contributed by atoms with Gasteiger partial charge in [-0.25, -0.2) is 0 Å². The minimum atomic E-state index is -0.494. The van der Waals surface area contributed by atoms with Gasteiger partial charge in [-0.2, -0.15) is 0 Å². The van der Waals surface area contributed by atoms with Crippen molar-refractivity contribution in [3.05, 3.63) is 34.9 Å². The molecular weight excluding hydrogens is 344 g/mol. The summed E-state index contributed by atoms with van der Waals surface area (Å²) in [6, 6.07) is 0. The van der Waals surface area contributed by atoms with Crippen LogP contribution in [0.1, 0.15) is 66.7 Å². The zero-order chi connectivity index (χ0) is 20.4. The number of carbonyl (C=O) groups excluding carboxylic acids is 1. The van der Waals surface area contributed by atoms with Gasteiger partial charge in [-0.15, -0.1) is 0 Å². The highest BCUT2D eigenvalue weighted by molar-refractivity contribution is 5.66. The first-order valence-electron chi connectivity index (χ1n) is 9.75. The number of aliphatic hydroxyl groups excluding tert-OH is 2. The number of rotatable bonds is 12. The maximum atomic E-state index is 10.9. The lowest BCUT2D eigenvalue weighted by Gasteiger charge is -2.11. The van der Waals surface area contributed by atoms with Crippen LogP contribution in [-0.2, 0) is 14.3 Å². The summed E-state index contributed by atoms with van der Waals surface area (Å²) in [5.41, 5.74) is 3.10. The number of hydrogen-bond acceptors (Lipinski definition) is 5. The van der Waals surface area contributed by atoms with Crippen molar-refractivity contribution in [2.45, 2.75) is 84.5 Å². The zero-order valence-corrected chi connectivity index (χ0v) is 17.5. The summed E-state index contributed by atoms with van der Waals surface area (Å²) in [5.74, 6) is -0.328. The molecule has 0 unspecified atom stereocenters. The van der Waals surface area contributed by atoms with Crippen LogP contribution in [0.4, 0.5) is 0 Å². The normalized spacial score (nSPS) is 23.7. The topological polar surface area (TPSA) is 79.3 Å². The summed E-state index contributed by atoms with van der Waals surface area (Å²) in [4.78, 5) is 10.9. The molecule has 1 fully saturated rings. The first kappa shape index (κ1) is 23.6. The molecule has 0 bridgehead atoms. The Hall–Kier alpha value is -1.43. The van der Waals surface area contributed by atoms with Crippen molar-refractivity contribution in [2.75, 3.05) is 13.2 Å². The van der Waals surface area contributed by atoms with E-state index in [4.69, 9.17) is 14.6 Å². The Labute approximate surface area is 163 Å². The fraction of sp³-hybridized carbons (Fsp3) is 0.682. The predicted molar refractivity (Wildman–Crippen MR) is 107 cm³/mol. The minimum absolute atomic E-state index is 0.0671. The highest BCUT2D eigenvalue weighted by Crippen LogP contribution is 2.43. The van der Waals surface area contributed by atoms with E-state index in [0.717, 1.165) is 30.4 Å². The molecular formula is C22H36O5. The van der Waals surface area contributed by atoms with E-state index in [0.29, 0.717) is 12.8 Å². The van der Waals surface area contributed by atoms with Crippen molar-refractivity contribution in [3.8, 4) is 0 Å². The van der Waals surface area contributed by atoms with Crippen molar-refractivity contribution >= 4 is 5.97 Å². The molecule has 0 saturated carbocycles. The molecule has 1 heterocycles. The van der Waals surface area contributed by atoms with E-state index < -0.39 is 6.10 Å². The van der Waals surface area contributed by atoms with E-state index in [9.17, 15) is 9.90 Å². The first-order valence-corrected chi connectivity index (χ1v) is 9.75. The number of ether oxygens (including phenoxy) is 2. The van der Waals surface area contributed by atoms with Gasteiger partial charge in [0.15, 0.2) is 0 Å². The summed E-state index contributed by atoms with van der Waals surface area (Å²) in [6.45, 7) is 9.77. The quantitative estimate of drug-likeness (QED) is 0.305. The van der Waals surface area contributed by atoms with E-state index >= 15 is 0 Å². The molecule has 0 aromatic carbocycles. The van der Waals surface area contributed by atoms with Crippen LogP contribution in [0, 0.1) is 0 Å². The molecule has 27 heavy (non-hydrogen) atoms. The van der Waals surface area contributed by atoms with E-state index in [1.54, 1.807) is 6.08 Å². The average molecular weight is 381 g/mol. The summed E-state index contributed by atoms with van der Waals surface area (Å²) in [6.07, 6.45) is 9.35. The minimum Gasteiger partial charge on any atom is -0.461 e. The van der Waals surface area contributed by atoms with Gasteiger partial charge >= 0.3 is 5.97 Å². The van der Waals surface area contributed by atoms with Crippen LogP contribution < -0.4 is 0 Å². The van der Waals surface area contributed by atoms with Gasteiger partial charge in [0, 0.05) is 6.92 Å². The number of hydrogen-bond donors (Lipinski definition) is 2. The molecule has 0 amide bonds. The smallest absolute Gasteiger partial charge is 0.302 e. The molecule has 0 aromatic heterocycles. The molecule has 1 aliphatic heterocycles. The lowest BCUT2D eigenvalue weighted by Crippen LogP contribution is -2.22. The maximum absolute atomic E-state index is 10.9. The Bertz CT molecular complexity index is 571. The van der Waals surface area contributed by atoms with Crippen molar-refractivity contribution in [1.82, 2.24) is 0 Å². The molecule has 1 rings (SSSR count). The third kappa shape index (κ3) is 9.36. The standard InChI is InChI=1S/C22H36O5/c1-16(2)8-7-12-22(5)21(27-22)20(25)14-17(3)9-6-10-19(11-13-23)15-26-18(4)24/h8-9,11,20-21,23,25H,6-7,10,12-15H2,1-5H3/b17-9+,19-11+/t20-,21+,22+/m1/s1. The predicted octanol–water partition coefficient (Wildman–Crippen LogP) is 3.85. The van der Waals surface area contributed by atoms with Crippen LogP contribution in [0.2, 0.25) is 0 Å². The summed E-state index contributed by atoms with van der Waals surface area (Å²) >= 11 is 0. The summed E-state index contributed by atoms with van der Waals surface area (Å²) < 4.78 is 10.8. The Morgan fingerprint density at radius 3 is 2.48 bits per heavy atom. The lowest BCUT2D eigenvalue weighted by atomic mass is 9.94. The van der Waals surface area contributed by atoms with Gasteiger partial charge in [0.2, 0.25) is 0 Å². The van der Waals surface area contributed by atoms with Crippen LogP contribution in [0.25, 0.3) is 0 Å². The van der Waals surface area contributed by atoms with Crippen LogP contribution in [0.5, 0.6) is 0 Å². The molecule has 5 heteroatoms. The second-order valence-electron chi connectivity index (χ2n) is 7.86. The molecule has 5 nitrogen and oxygen atoms in total. The second-order valence-corrected chi connectivity index (χ2v) is 7.86. The molecule has 0 radical (unpaired) electrons. The average Bonchev–Trinajstić information content (AvgIpc) is 3.24. The van der Waals surface area contributed by atoms with Crippen molar-refractivity contribution in [2.24, 2.45) is 0 Å². The number of esters is 1. The SMILES string of the molecule is CC(=O)OC/C(=C/CO)CC/C=C(\C)C[C@@H](O)[C@@H]1O[C@@]1(C)CCC=C(C)C. The van der Waals surface area contributed by atoms with E-state index in [1.807, 2.05) is 6.92 Å². The van der Waals surface area contributed by atoms with Gasteiger partial charge in [-0.1, -0.05) is 29.4 Å². The fourth-order valence-electron chi connectivity index (χ4n) is 3.17. The first-order chi connectivity index (χ1) is 12.7. The van der Waals surface area contributed by atoms with E-state index in [2.05, 4.69) is 32.9 Å². The molecule has 1 saturated heterocycles. The summed E-state index contributed by atoms with van der Waals surface area (Å²) in [7, 11) is 0. The van der Waals surface area contributed by atoms with Crippen LogP contribution >= 0.6 is 0 Å². The number of carbonyl (C=O) groups is 1. The molecule has 2 N–H and O–H groups in total. The Morgan fingerprint density at radius 2 is 1.89 bits per heavy atom. The summed E-state index contributed by atoms with van der Waals surface area (Å²) in [5, 5.41) is 19.5. The van der Waals surface area contributed by atoms with Gasteiger partial charge in [-0.3, -0.25) is 4.79 Å². The number of allylic oxidation sites excluding steroid dienone is 3. The Kier molecular flexibility index (Phi) is 9.99. The van der Waals surface area contributed by atoms with Crippen molar-refractivity contribution in [1.29, 1.82) is 0 Å². The van der Waals surface area contributed by atoms with Gasteiger partial charge in [-0.05, 0) is 65.4 Å². The third-order valence-electron chi connectivity index (χ3n) is 4.81. The van der Waals surface area contributed by atoms with Crippen LogP contribution in [0.3, 0.4) is 0 Å². The molecule has 154 valence electrons. The molecule has 0 aromatic rings. The number of epoxide rings is 1. The second kappa shape index (κ2) is 11.4. The van der Waals surface area contributed by atoms with Crippen LogP contribution in [-0.4, -0.2) is 47.2 Å². The molecule has 3 atom stereocenters. The van der Waals surface area contributed by atoms with Gasteiger partial charge < -0.3 is 19.7 Å². The zero-order valence-electron chi connectivity index (χ0n) is 17.5. The van der Waals surface area contributed by atoms with E-state index in [1.165, 1.54) is 12.5 Å². The largest absolute Gasteiger partial charge is 0.461 e. The number of aliphatic hydroxyl groups is 2. The third-order valence-corrected chi connectivity index (χ3v) is 4.81. The van der Waals surface area contributed by atoms with Gasteiger partial charge in [0.25, 0.3) is 0 Å².